The molecule has 0 bridgehead atoms. The average molecular weight is 268 g/mol. The lowest BCUT2D eigenvalue weighted by atomic mass is 9.89. The van der Waals surface area contributed by atoms with Crippen molar-refractivity contribution in [2.45, 2.75) is 58.2 Å². The summed E-state index contributed by atoms with van der Waals surface area (Å²) in [5, 5.41) is 3.37. The molecule has 1 spiro atoms. The van der Waals surface area contributed by atoms with Crippen LogP contribution in [0.4, 0.5) is 0 Å². The number of amides is 1. The minimum absolute atomic E-state index is 0.0927. The van der Waals surface area contributed by atoms with Gasteiger partial charge in [0.25, 0.3) is 0 Å². The SMILES string of the molecule is CCCC(C)C(=O)N1CC(C)OC2(CCNCC2)C1. The molecule has 0 aliphatic carbocycles. The van der Waals surface area contributed by atoms with Crippen molar-refractivity contribution in [2.75, 3.05) is 26.2 Å². The number of rotatable bonds is 3. The van der Waals surface area contributed by atoms with Gasteiger partial charge < -0.3 is 15.0 Å². The molecule has 4 heteroatoms. The van der Waals surface area contributed by atoms with Crippen LogP contribution in [0.5, 0.6) is 0 Å². The fourth-order valence-electron chi connectivity index (χ4n) is 3.42. The molecule has 110 valence electrons. The van der Waals surface area contributed by atoms with Crippen molar-refractivity contribution in [2.24, 2.45) is 5.92 Å². The van der Waals surface area contributed by atoms with E-state index in [1.807, 2.05) is 0 Å². The number of hydrogen-bond donors (Lipinski definition) is 1. The topological polar surface area (TPSA) is 41.6 Å². The van der Waals surface area contributed by atoms with Gasteiger partial charge >= 0.3 is 0 Å². The summed E-state index contributed by atoms with van der Waals surface area (Å²) < 4.78 is 6.20. The maximum Gasteiger partial charge on any atom is 0.225 e. The Morgan fingerprint density at radius 2 is 2.16 bits per heavy atom. The molecule has 2 unspecified atom stereocenters. The van der Waals surface area contributed by atoms with E-state index in [4.69, 9.17) is 4.74 Å². The van der Waals surface area contributed by atoms with Crippen molar-refractivity contribution in [3.8, 4) is 0 Å². The minimum Gasteiger partial charge on any atom is -0.368 e. The molecule has 1 N–H and O–H groups in total. The molecular weight excluding hydrogens is 240 g/mol. The smallest absolute Gasteiger partial charge is 0.225 e. The second kappa shape index (κ2) is 6.23. The average Bonchev–Trinajstić information content (AvgIpc) is 2.38. The molecule has 2 aliphatic heterocycles. The van der Waals surface area contributed by atoms with Gasteiger partial charge in [-0.25, -0.2) is 0 Å². The van der Waals surface area contributed by atoms with Crippen LogP contribution in [-0.4, -0.2) is 48.7 Å². The quantitative estimate of drug-likeness (QED) is 0.848. The summed E-state index contributed by atoms with van der Waals surface area (Å²) in [5.74, 6) is 0.462. The normalized spacial score (nSPS) is 28.4. The molecule has 2 fully saturated rings. The van der Waals surface area contributed by atoms with E-state index in [9.17, 15) is 4.79 Å². The number of piperidine rings is 1. The summed E-state index contributed by atoms with van der Waals surface area (Å²) in [6.07, 6.45) is 4.25. The molecule has 1 amide bonds. The lowest BCUT2D eigenvalue weighted by molar-refractivity contribution is -0.176. The molecule has 19 heavy (non-hydrogen) atoms. The van der Waals surface area contributed by atoms with E-state index in [0.717, 1.165) is 51.9 Å². The molecule has 2 rings (SSSR count). The molecule has 2 heterocycles. The first kappa shape index (κ1) is 14.8. The minimum atomic E-state index is -0.0927. The summed E-state index contributed by atoms with van der Waals surface area (Å²) in [6.45, 7) is 9.82. The van der Waals surface area contributed by atoms with Gasteiger partial charge in [0, 0.05) is 19.0 Å². The monoisotopic (exact) mass is 268 g/mol. The van der Waals surface area contributed by atoms with E-state index < -0.39 is 0 Å². The van der Waals surface area contributed by atoms with E-state index in [1.54, 1.807) is 0 Å². The highest BCUT2D eigenvalue weighted by molar-refractivity contribution is 5.78. The number of nitrogens with one attached hydrogen (secondary N) is 1. The van der Waals surface area contributed by atoms with Gasteiger partial charge in [-0.05, 0) is 39.3 Å². The van der Waals surface area contributed by atoms with Crippen LogP contribution in [0.25, 0.3) is 0 Å². The highest BCUT2D eigenvalue weighted by Crippen LogP contribution is 2.31. The second-order valence-corrected chi connectivity index (χ2v) is 6.27. The van der Waals surface area contributed by atoms with Crippen LogP contribution in [0.1, 0.15) is 46.5 Å². The zero-order chi connectivity index (χ0) is 13.9. The molecule has 2 atom stereocenters. The summed E-state index contributed by atoms with van der Waals surface area (Å²) in [6, 6.07) is 0. The zero-order valence-electron chi connectivity index (χ0n) is 12.6. The van der Waals surface area contributed by atoms with Crippen molar-refractivity contribution < 1.29 is 9.53 Å². The van der Waals surface area contributed by atoms with E-state index in [2.05, 4.69) is 31.0 Å². The maximum atomic E-state index is 12.5. The third-order valence-corrected chi connectivity index (χ3v) is 4.38. The Balaban J connectivity index is 2.02. The van der Waals surface area contributed by atoms with Gasteiger partial charge in [-0.3, -0.25) is 4.79 Å². The Labute approximate surface area is 116 Å². The third-order valence-electron chi connectivity index (χ3n) is 4.38. The summed E-state index contributed by atoms with van der Waals surface area (Å²) >= 11 is 0. The first-order chi connectivity index (χ1) is 9.06. The molecule has 4 nitrogen and oxygen atoms in total. The summed E-state index contributed by atoms with van der Waals surface area (Å²) in [4.78, 5) is 14.6. The van der Waals surface area contributed by atoms with Crippen LogP contribution >= 0.6 is 0 Å². The van der Waals surface area contributed by atoms with Gasteiger partial charge in [0.1, 0.15) is 0 Å². The predicted molar refractivity (Wildman–Crippen MR) is 76.0 cm³/mol. The van der Waals surface area contributed by atoms with E-state index >= 15 is 0 Å². The van der Waals surface area contributed by atoms with Crippen molar-refractivity contribution in [1.82, 2.24) is 10.2 Å². The van der Waals surface area contributed by atoms with Crippen LogP contribution in [0.3, 0.4) is 0 Å². The van der Waals surface area contributed by atoms with Crippen molar-refractivity contribution in [3.05, 3.63) is 0 Å². The largest absolute Gasteiger partial charge is 0.368 e. The van der Waals surface area contributed by atoms with Crippen LogP contribution in [0.2, 0.25) is 0 Å². The standard InChI is InChI=1S/C15H28N2O2/c1-4-5-12(2)14(18)17-10-13(3)19-15(11-17)6-8-16-9-7-15/h12-13,16H,4-11H2,1-3H3. The molecular formula is C15H28N2O2. The molecule has 0 aromatic heterocycles. The van der Waals surface area contributed by atoms with Gasteiger partial charge in [0.2, 0.25) is 5.91 Å². The highest BCUT2D eigenvalue weighted by Gasteiger charge is 2.42. The van der Waals surface area contributed by atoms with Gasteiger partial charge in [0.05, 0.1) is 11.7 Å². The van der Waals surface area contributed by atoms with Gasteiger partial charge in [-0.2, -0.15) is 0 Å². The number of carbonyl (C=O) groups excluding carboxylic acids is 1. The van der Waals surface area contributed by atoms with E-state index in [-0.39, 0.29) is 17.6 Å². The molecule has 0 aromatic carbocycles. The number of hydrogen-bond acceptors (Lipinski definition) is 3. The van der Waals surface area contributed by atoms with Crippen LogP contribution in [0, 0.1) is 5.92 Å². The van der Waals surface area contributed by atoms with Crippen LogP contribution in [0.15, 0.2) is 0 Å². The van der Waals surface area contributed by atoms with Gasteiger partial charge in [0.15, 0.2) is 0 Å². The van der Waals surface area contributed by atoms with E-state index in [0.29, 0.717) is 5.91 Å². The van der Waals surface area contributed by atoms with Crippen molar-refractivity contribution in [3.63, 3.8) is 0 Å². The molecule has 2 aliphatic rings. The second-order valence-electron chi connectivity index (χ2n) is 6.27. The number of carbonyl (C=O) groups is 1. The Morgan fingerprint density at radius 1 is 1.47 bits per heavy atom. The number of ether oxygens (including phenoxy) is 1. The number of nitrogens with zero attached hydrogens (tertiary/aromatic N) is 1. The van der Waals surface area contributed by atoms with E-state index in [1.165, 1.54) is 0 Å². The fourth-order valence-corrected chi connectivity index (χ4v) is 3.42. The molecule has 2 saturated heterocycles. The predicted octanol–water partition coefficient (Wildman–Crippen LogP) is 1.79. The maximum absolute atomic E-state index is 12.5. The first-order valence-electron chi connectivity index (χ1n) is 7.73. The Kier molecular flexibility index (Phi) is 4.85. The molecule has 0 saturated carbocycles. The summed E-state index contributed by atoms with van der Waals surface area (Å²) in [7, 11) is 0. The molecule has 0 radical (unpaired) electrons. The summed E-state index contributed by atoms with van der Waals surface area (Å²) in [5.41, 5.74) is -0.0927. The first-order valence-corrected chi connectivity index (χ1v) is 7.73. The fraction of sp³-hybridized carbons (Fsp3) is 0.933. The highest BCUT2D eigenvalue weighted by atomic mass is 16.5. The Morgan fingerprint density at radius 3 is 2.79 bits per heavy atom. The number of morpholine rings is 1. The van der Waals surface area contributed by atoms with Crippen molar-refractivity contribution >= 4 is 5.91 Å². The lowest BCUT2D eigenvalue weighted by Crippen LogP contribution is -2.60. The zero-order valence-corrected chi connectivity index (χ0v) is 12.6. The Bertz CT molecular complexity index is 313. The van der Waals surface area contributed by atoms with Gasteiger partial charge in [-0.15, -0.1) is 0 Å². The van der Waals surface area contributed by atoms with Crippen LogP contribution < -0.4 is 5.32 Å². The lowest BCUT2D eigenvalue weighted by Gasteiger charge is -2.48. The Hall–Kier alpha value is -0.610. The van der Waals surface area contributed by atoms with Gasteiger partial charge in [-0.1, -0.05) is 20.3 Å². The third kappa shape index (κ3) is 3.48. The van der Waals surface area contributed by atoms with Crippen LogP contribution in [-0.2, 0) is 9.53 Å². The van der Waals surface area contributed by atoms with Crippen molar-refractivity contribution in [1.29, 1.82) is 0 Å². The molecule has 0 aromatic rings.